The minimum Gasteiger partial charge on any atom is -0.383 e. The summed E-state index contributed by atoms with van der Waals surface area (Å²) in [6.07, 6.45) is 1.15. The van der Waals surface area contributed by atoms with Crippen molar-refractivity contribution in [2.75, 3.05) is 47.1 Å². The first-order valence-corrected chi connectivity index (χ1v) is 6.87. The van der Waals surface area contributed by atoms with Gasteiger partial charge >= 0.3 is 0 Å². The highest BCUT2D eigenvalue weighted by Crippen LogP contribution is 2.03. The first kappa shape index (κ1) is 17.8. The molecular formula is C14H32N2O2. The van der Waals surface area contributed by atoms with Crippen LogP contribution < -0.4 is 5.32 Å². The van der Waals surface area contributed by atoms with E-state index in [0.717, 1.165) is 39.3 Å². The molecule has 0 aromatic carbocycles. The maximum Gasteiger partial charge on any atom is 0.0615 e. The number of ether oxygens (including phenoxy) is 2. The van der Waals surface area contributed by atoms with Gasteiger partial charge in [0.2, 0.25) is 0 Å². The van der Waals surface area contributed by atoms with Crippen LogP contribution in [-0.2, 0) is 9.47 Å². The summed E-state index contributed by atoms with van der Waals surface area (Å²) in [5, 5.41) is 3.52. The van der Waals surface area contributed by atoms with Crippen molar-refractivity contribution in [1.82, 2.24) is 10.2 Å². The molecule has 0 spiro atoms. The number of nitrogens with one attached hydrogen (secondary N) is 1. The van der Waals surface area contributed by atoms with Crippen LogP contribution in [0.4, 0.5) is 0 Å². The maximum absolute atomic E-state index is 5.23. The van der Waals surface area contributed by atoms with E-state index in [4.69, 9.17) is 9.47 Å². The molecule has 0 aromatic heterocycles. The number of hydrogen-bond donors (Lipinski definition) is 1. The highest BCUT2D eigenvalue weighted by Gasteiger charge is 2.13. The Kier molecular flexibility index (Phi) is 9.64. The lowest BCUT2D eigenvalue weighted by Crippen LogP contribution is -2.41. The molecule has 1 atom stereocenters. The number of hydrogen-bond acceptors (Lipinski definition) is 4. The van der Waals surface area contributed by atoms with Crippen molar-refractivity contribution in [2.24, 2.45) is 0 Å². The van der Waals surface area contributed by atoms with Crippen LogP contribution in [0.15, 0.2) is 0 Å². The average molecular weight is 260 g/mol. The second-order valence-electron chi connectivity index (χ2n) is 5.86. The Hall–Kier alpha value is -0.160. The van der Waals surface area contributed by atoms with Gasteiger partial charge in [-0.3, -0.25) is 4.90 Å². The van der Waals surface area contributed by atoms with Crippen molar-refractivity contribution in [1.29, 1.82) is 0 Å². The van der Waals surface area contributed by atoms with Crippen LogP contribution in [0, 0.1) is 0 Å². The van der Waals surface area contributed by atoms with E-state index >= 15 is 0 Å². The molecule has 0 aromatic rings. The fourth-order valence-corrected chi connectivity index (χ4v) is 1.85. The Balaban J connectivity index is 3.92. The van der Waals surface area contributed by atoms with Crippen molar-refractivity contribution in [2.45, 2.75) is 45.7 Å². The highest BCUT2D eigenvalue weighted by molar-refractivity contribution is 4.72. The summed E-state index contributed by atoms with van der Waals surface area (Å²) in [4.78, 5) is 2.43. The molecule has 0 fully saturated rings. The third-order valence-corrected chi connectivity index (χ3v) is 2.89. The summed E-state index contributed by atoms with van der Waals surface area (Å²) < 4.78 is 10.4. The molecule has 0 aliphatic rings. The van der Waals surface area contributed by atoms with Crippen LogP contribution in [0.5, 0.6) is 0 Å². The Bertz CT molecular complexity index is 193. The van der Waals surface area contributed by atoms with Gasteiger partial charge in [-0.1, -0.05) is 0 Å². The van der Waals surface area contributed by atoms with Crippen LogP contribution >= 0.6 is 0 Å². The fraction of sp³-hybridized carbons (Fsp3) is 1.00. The van der Waals surface area contributed by atoms with Crippen LogP contribution in [0.3, 0.4) is 0 Å². The summed E-state index contributed by atoms with van der Waals surface area (Å²) >= 11 is 0. The smallest absolute Gasteiger partial charge is 0.0615 e. The Morgan fingerprint density at radius 3 is 2.28 bits per heavy atom. The van der Waals surface area contributed by atoms with E-state index in [9.17, 15) is 0 Å². The molecule has 0 aliphatic carbocycles. The van der Waals surface area contributed by atoms with Crippen LogP contribution in [-0.4, -0.2) is 63.5 Å². The second kappa shape index (κ2) is 9.73. The topological polar surface area (TPSA) is 33.7 Å². The zero-order valence-corrected chi connectivity index (χ0v) is 13.1. The molecule has 18 heavy (non-hydrogen) atoms. The Morgan fingerprint density at radius 2 is 1.78 bits per heavy atom. The van der Waals surface area contributed by atoms with Gasteiger partial charge in [-0.05, 0) is 47.2 Å². The number of methoxy groups -OCH3 is 2. The van der Waals surface area contributed by atoms with Crippen LogP contribution in [0.2, 0.25) is 0 Å². The molecule has 1 unspecified atom stereocenters. The van der Waals surface area contributed by atoms with Gasteiger partial charge in [0.05, 0.1) is 13.2 Å². The first-order valence-electron chi connectivity index (χ1n) is 6.87. The largest absolute Gasteiger partial charge is 0.383 e. The van der Waals surface area contributed by atoms with E-state index in [1.165, 1.54) is 0 Å². The lowest BCUT2D eigenvalue weighted by atomic mass is 10.1. The van der Waals surface area contributed by atoms with E-state index in [0.29, 0.717) is 6.04 Å². The van der Waals surface area contributed by atoms with Crippen LogP contribution in [0.25, 0.3) is 0 Å². The zero-order chi connectivity index (χ0) is 14.0. The minimum absolute atomic E-state index is 0.204. The van der Waals surface area contributed by atoms with Gasteiger partial charge < -0.3 is 14.8 Å². The standard InChI is InChI=1S/C14H32N2O2/c1-13(12-18-6)16(10-11-17-5)9-7-8-15-14(2,3)4/h13,15H,7-12H2,1-6H3. The van der Waals surface area contributed by atoms with Crippen LogP contribution in [0.1, 0.15) is 34.1 Å². The predicted molar refractivity (Wildman–Crippen MR) is 77.2 cm³/mol. The van der Waals surface area contributed by atoms with Gasteiger partial charge in [0.25, 0.3) is 0 Å². The Morgan fingerprint density at radius 1 is 1.11 bits per heavy atom. The van der Waals surface area contributed by atoms with Crippen molar-refractivity contribution in [3.63, 3.8) is 0 Å². The summed E-state index contributed by atoms with van der Waals surface area (Å²) in [5.41, 5.74) is 0.204. The summed E-state index contributed by atoms with van der Waals surface area (Å²) in [6.45, 7) is 13.4. The molecule has 0 saturated carbocycles. The molecule has 0 heterocycles. The molecule has 1 N–H and O–H groups in total. The monoisotopic (exact) mass is 260 g/mol. The number of nitrogens with zero attached hydrogens (tertiary/aromatic N) is 1. The SMILES string of the molecule is COCCN(CCCNC(C)(C)C)C(C)COC. The average Bonchev–Trinajstić information content (AvgIpc) is 2.27. The van der Waals surface area contributed by atoms with Crippen molar-refractivity contribution < 1.29 is 9.47 Å². The van der Waals surface area contributed by atoms with Gasteiger partial charge in [-0.25, -0.2) is 0 Å². The summed E-state index contributed by atoms with van der Waals surface area (Å²) in [7, 11) is 3.51. The highest BCUT2D eigenvalue weighted by atomic mass is 16.5. The van der Waals surface area contributed by atoms with E-state index in [-0.39, 0.29) is 5.54 Å². The van der Waals surface area contributed by atoms with Crippen molar-refractivity contribution in [3.8, 4) is 0 Å². The molecule has 0 amide bonds. The second-order valence-corrected chi connectivity index (χ2v) is 5.86. The molecule has 4 heteroatoms. The van der Waals surface area contributed by atoms with Gasteiger partial charge in [0.1, 0.15) is 0 Å². The molecule has 0 rings (SSSR count). The Labute approximate surface area is 113 Å². The van der Waals surface area contributed by atoms with E-state index in [1.807, 2.05) is 0 Å². The lowest BCUT2D eigenvalue weighted by molar-refractivity contribution is 0.0741. The van der Waals surface area contributed by atoms with E-state index in [2.05, 4.69) is 37.9 Å². The predicted octanol–water partition coefficient (Wildman–Crippen LogP) is 1.75. The number of rotatable bonds is 10. The third-order valence-electron chi connectivity index (χ3n) is 2.89. The summed E-state index contributed by atoms with van der Waals surface area (Å²) in [5.74, 6) is 0. The zero-order valence-electron chi connectivity index (χ0n) is 13.1. The maximum atomic E-state index is 5.23. The van der Waals surface area contributed by atoms with E-state index < -0.39 is 0 Å². The molecule has 0 aliphatic heterocycles. The first-order chi connectivity index (χ1) is 8.40. The molecule has 0 bridgehead atoms. The molecule has 0 saturated heterocycles. The molecule has 110 valence electrons. The summed E-state index contributed by atoms with van der Waals surface area (Å²) in [6, 6.07) is 0.444. The molecule has 4 nitrogen and oxygen atoms in total. The van der Waals surface area contributed by atoms with Gasteiger partial charge in [-0.2, -0.15) is 0 Å². The normalized spacial score (nSPS) is 14.2. The third kappa shape index (κ3) is 9.83. The van der Waals surface area contributed by atoms with Gasteiger partial charge in [0, 0.05) is 32.3 Å². The minimum atomic E-state index is 0.204. The van der Waals surface area contributed by atoms with Crippen molar-refractivity contribution >= 4 is 0 Å². The lowest BCUT2D eigenvalue weighted by Gasteiger charge is -2.29. The molecular weight excluding hydrogens is 228 g/mol. The van der Waals surface area contributed by atoms with Crippen molar-refractivity contribution in [3.05, 3.63) is 0 Å². The van der Waals surface area contributed by atoms with E-state index in [1.54, 1.807) is 14.2 Å². The van der Waals surface area contributed by atoms with Gasteiger partial charge in [-0.15, -0.1) is 0 Å². The quantitative estimate of drug-likeness (QED) is 0.607. The van der Waals surface area contributed by atoms with Gasteiger partial charge in [0.15, 0.2) is 0 Å². The fourth-order valence-electron chi connectivity index (χ4n) is 1.85. The molecule has 0 radical (unpaired) electrons.